The van der Waals surface area contributed by atoms with E-state index in [2.05, 4.69) is 115 Å². The lowest BCUT2D eigenvalue weighted by Crippen LogP contribution is -2.53. The molecule has 10 rings (SSSR count). The highest BCUT2D eigenvalue weighted by atomic mass is 16.2. The Bertz CT molecular complexity index is 2890. The van der Waals surface area contributed by atoms with Crippen LogP contribution in [0.5, 0.6) is 0 Å². The molecular weight excluding hydrogens is 855 g/mol. The fourth-order valence-corrected chi connectivity index (χ4v) is 11.6. The van der Waals surface area contributed by atoms with Crippen LogP contribution in [0.1, 0.15) is 97.6 Å². The predicted octanol–water partition coefficient (Wildman–Crippen LogP) is 6.31. The van der Waals surface area contributed by atoms with Crippen LogP contribution in [-0.2, 0) is 30.2 Å². The SMILES string of the molecule is CNc1ccc(-c2ccnc3c2cc([C@H](C)N2CCC(c4ccc(C(=O)N5CCC(CN6CCN(Cc7ccc8c(c7)n(C)c(=O)n8[C@@H]7CCC(=O)NC7=O)C[C@@H]6C)CC5)cc4)CC2)n3C)cn1. The van der Waals surface area contributed by atoms with Gasteiger partial charge < -0.3 is 14.8 Å². The average Bonchev–Trinajstić information content (AvgIpc) is 3.83. The number of fused-ring (bicyclic) bond motifs is 2. The molecule has 0 saturated carbocycles. The van der Waals surface area contributed by atoms with Crippen LogP contribution in [0.25, 0.3) is 33.2 Å². The van der Waals surface area contributed by atoms with Crippen LogP contribution in [0.3, 0.4) is 0 Å². The topological polar surface area (TPSA) is 146 Å². The van der Waals surface area contributed by atoms with Gasteiger partial charge in [-0.25, -0.2) is 14.8 Å². The molecule has 4 fully saturated rings. The van der Waals surface area contributed by atoms with Gasteiger partial charge in [0.05, 0.1) is 11.0 Å². The number of carbonyl (C=O) groups is 3. The molecule has 0 spiro atoms. The zero-order chi connectivity index (χ0) is 47.2. The van der Waals surface area contributed by atoms with E-state index < -0.39 is 11.9 Å². The summed E-state index contributed by atoms with van der Waals surface area (Å²) in [6.07, 6.45) is 8.57. The summed E-state index contributed by atoms with van der Waals surface area (Å²) in [5, 5.41) is 6.64. The van der Waals surface area contributed by atoms with E-state index in [1.54, 1.807) is 11.6 Å². The van der Waals surface area contributed by atoms with Crippen molar-refractivity contribution in [2.45, 2.75) is 83.0 Å². The molecule has 3 atom stereocenters. The molecule has 8 heterocycles. The molecule has 4 saturated heterocycles. The van der Waals surface area contributed by atoms with Crippen molar-refractivity contribution in [1.82, 2.24) is 48.6 Å². The molecule has 0 unspecified atom stereocenters. The third-order valence-corrected chi connectivity index (χ3v) is 15.8. The Kier molecular flexibility index (Phi) is 12.8. The number of amides is 3. The fourth-order valence-electron chi connectivity index (χ4n) is 11.6. The van der Waals surface area contributed by atoms with Crippen molar-refractivity contribution in [3.8, 4) is 11.1 Å². The van der Waals surface area contributed by atoms with Crippen molar-refractivity contribution in [2.75, 3.05) is 64.7 Å². The first-order valence-corrected chi connectivity index (χ1v) is 24.7. The molecule has 356 valence electrons. The number of piperidine rings is 3. The second kappa shape index (κ2) is 19.1. The number of hydrogen-bond acceptors (Lipinski definition) is 10. The number of aromatic nitrogens is 5. The molecule has 15 heteroatoms. The minimum atomic E-state index is -0.686. The minimum Gasteiger partial charge on any atom is -0.373 e. The highest BCUT2D eigenvalue weighted by Gasteiger charge is 2.33. The molecule has 2 N–H and O–H groups in total. The number of imide groups is 1. The smallest absolute Gasteiger partial charge is 0.329 e. The number of benzene rings is 2. The third-order valence-electron chi connectivity index (χ3n) is 15.8. The van der Waals surface area contributed by atoms with E-state index in [0.29, 0.717) is 29.8 Å². The van der Waals surface area contributed by atoms with Gasteiger partial charge in [-0.1, -0.05) is 18.2 Å². The highest BCUT2D eigenvalue weighted by Crippen LogP contribution is 2.36. The molecule has 3 amide bonds. The molecule has 4 aromatic heterocycles. The third kappa shape index (κ3) is 8.87. The Morgan fingerprint density at radius 2 is 1.62 bits per heavy atom. The number of pyridine rings is 2. The molecule has 0 bridgehead atoms. The summed E-state index contributed by atoms with van der Waals surface area (Å²) in [6.45, 7) is 13.0. The number of piperazine rings is 1. The van der Waals surface area contributed by atoms with Crippen LogP contribution in [0, 0.1) is 5.92 Å². The number of anilines is 1. The summed E-state index contributed by atoms with van der Waals surface area (Å²) >= 11 is 0. The molecule has 68 heavy (non-hydrogen) atoms. The van der Waals surface area contributed by atoms with Gasteiger partial charge in [0.15, 0.2) is 0 Å². The lowest BCUT2D eigenvalue weighted by atomic mass is 9.88. The van der Waals surface area contributed by atoms with E-state index in [1.807, 2.05) is 31.6 Å². The standard InChI is InChI=1S/C53H65N11O4/c1-34-31-60(32-37-6-12-44-47(28-37)59(5)53(68)64(44)45-13-15-49(65)57-51(45)66)26-27-63(34)33-36-17-22-62(23-18-36)52(67)40-9-7-38(8-10-40)39-19-24-61(25-20-39)35(2)46-29-43-42(16-21-55-50(43)58(46)4)41-11-14-48(54-3)56-30-41/h6-12,14,16,21,28-30,34-36,39,45H,13,15,17-20,22-27,31-33H2,1-5H3,(H,54,56)(H,57,65,66)/t34-,35-,45+/m0/s1. The number of aryl methyl sites for hydroxylation is 2. The summed E-state index contributed by atoms with van der Waals surface area (Å²) in [6, 6.07) is 23.1. The zero-order valence-corrected chi connectivity index (χ0v) is 40.2. The first kappa shape index (κ1) is 45.6. The van der Waals surface area contributed by atoms with E-state index in [9.17, 15) is 19.2 Å². The maximum absolute atomic E-state index is 13.7. The first-order valence-electron chi connectivity index (χ1n) is 24.7. The molecular formula is C53H65N11O4. The van der Waals surface area contributed by atoms with E-state index in [1.165, 1.54) is 15.8 Å². The van der Waals surface area contributed by atoms with Crippen molar-refractivity contribution in [3.63, 3.8) is 0 Å². The molecule has 0 aliphatic carbocycles. The maximum atomic E-state index is 13.7. The van der Waals surface area contributed by atoms with E-state index >= 15 is 0 Å². The van der Waals surface area contributed by atoms with E-state index in [4.69, 9.17) is 4.98 Å². The number of rotatable bonds is 11. The predicted molar refractivity (Wildman–Crippen MR) is 265 cm³/mol. The molecule has 0 radical (unpaired) electrons. The second-order valence-corrected chi connectivity index (χ2v) is 19.8. The molecule has 4 aliphatic heterocycles. The van der Waals surface area contributed by atoms with Crippen molar-refractivity contribution in [1.29, 1.82) is 0 Å². The van der Waals surface area contributed by atoms with Crippen LogP contribution < -0.4 is 16.3 Å². The average molecular weight is 920 g/mol. The summed E-state index contributed by atoms with van der Waals surface area (Å²) in [5.41, 5.74) is 8.98. The number of likely N-dealkylation sites (tertiary alicyclic amines) is 2. The monoisotopic (exact) mass is 920 g/mol. The quantitative estimate of drug-likeness (QED) is 0.142. The number of hydrogen-bond donors (Lipinski definition) is 2. The molecule has 6 aromatic rings. The molecule has 4 aliphatic rings. The number of nitrogens with zero attached hydrogens (tertiary/aromatic N) is 9. The molecule has 2 aromatic carbocycles. The van der Waals surface area contributed by atoms with Gasteiger partial charge in [0.2, 0.25) is 11.8 Å². The Morgan fingerprint density at radius 1 is 0.838 bits per heavy atom. The van der Waals surface area contributed by atoms with E-state index in [0.717, 1.165) is 129 Å². The summed E-state index contributed by atoms with van der Waals surface area (Å²) < 4.78 is 5.40. The van der Waals surface area contributed by atoms with Crippen molar-refractivity contribution in [2.24, 2.45) is 20.0 Å². The van der Waals surface area contributed by atoms with Crippen LogP contribution in [0.4, 0.5) is 5.82 Å². The minimum absolute atomic E-state index is 0.144. The second-order valence-electron chi connectivity index (χ2n) is 19.8. The van der Waals surface area contributed by atoms with Gasteiger partial charge in [-0.3, -0.25) is 43.5 Å². The Balaban J connectivity index is 0.679. The van der Waals surface area contributed by atoms with Gasteiger partial charge in [0.25, 0.3) is 5.91 Å². The van der Waals surface area contributed by atoms with Crippen molar-refractivity contribution >= 4 is 45.6 Å². The van der Waals surface area contributed by atoms with E-state index in [-0.39, 0.29) is 30.0 Å². The number of nitrogens with one attached hydrogen (secondary N) is 2. The van der Waals surface area contributed by atoms with Gasteiger partial charge in [0.1, 0.15) is 17.5 Å². The number of imidazole rings is 1. The zero-order valence-electron chi connectivity index (χ0n) is 40.2. The highest BCUT2D eigenvalue weighted by molar-refractivity contribution is 6.00. The van der Waals surface area contributed by atoms with Crippen LogP contribution in [-0.4, -0.2) is 126 Å². The van der Waals surface area contributed by atoms with Gasteiger partial charge >= 0.3 is 5.69 Å². The number of carbonyl (C=O) groups excluding carboxylic acids is 3. The lowest BCUT2D eigenvalue weighted by Gasteiger charge is -2.42. The van der Waals surface area contributed by atoms with Crippen LogP contribution in [0.15, 0.2) is 83.9 Å². The molecule has 15 nitrogen and oxygen atoms in total. The van der Waals surface area contributed by atoms with Crippen molar-refractivity contribution < 1.29 is 14.4 Å². The van der Waals surface area contributed by atoms with Gasteiger partial charge in [-0.15, -0.1) is 0 Å². The summed E-state index contributed by atoms with van der Waals surface area (Å²) in [5.74, 6) is 1.32. The van der Waals surface area contributed by atoms with Gasteiger partial charge in [-0.2, -0.15) is 0 Å². The Labute approximate surface area is 398 Å². The normalized spacial score (nSPS) is 21.2. The van der Waals surface area contributed by atoms with Gasteiger partial charge in [0, 0.05) is 120 Å². The lowest BCUT2D eigenvalue weighted by molar-refractivity contribution is -0.135. The van der Waals surface area contributed by atoms with Crippen molar-refractivity contribution in [3.05, 3.63) is 112 Å². The Hall–Kier alpha value is -6.16. The Morgan fingerprint density at radius 3 is 2.32 bits per heavy atom. The summed E-state index contributed by atoms with van der Waals surface area (Å²) in [7, 11) is 5.75. The largest absolute Gasteiger partial charge is 0.373 e. The maximum Gasteiger partial charge on any atom is 0.329 e. The van der Waals surface area contributed by atoms with Gasteiger partial charge in [-0.05, 0) is 136 Å². The van der Waals surface area contributed by atoms with Crippen LogP contribution in [0.2, 0.25) is 0 Å². The van der Waals surface area contributed by atoms with Crippen LogP contribution >= 0.6 is 0 Å². The fraction of sp³-hybridized carbons (Fsp3) is 0.472. The first-order chi connectivity index (χ1) is 32.9. The summed E-state index contributed by atoms with van der Waals surface area (Å²) in [4.78, 5) is 70.5.